The van der Waals surface area contributed by atoms with Crippen LogP contribution in [0.3, 0.4) is 0 Å². The number of phenolic OH excluding ortho intramolecular Hbond substituents is 1. The molecule has 1 aromatic heterocycles. The van der Waals surface area contributed by atoms with Gasteiger partial charge in [0.2, 0.25) is 5.95 Å². The van der Waals surface area contributed by atoms with Gasteiger partial charge in [0.1, 0.15) is 22.7 Å². The van der Waals surface area contributed by atoms with Gasteiger partial charge in [0, 0.05) is 57.3 Å². The van der Waals surface area contributed by atoms with Crippen LogP contribution in [0.25, 0.3) is 32.8 Å². The molecule has 5 rings (SSSR count). The summed E-state index contributed by atoms with van der Waals surface area (Å²) in [7, 11) is 1.82. The maximum Gasteiger partial charge on any atom is 0.410 e. The smallest absolute Gasteiger partial charge is 0.410 e. The van der Waals surface area contributed by atoms with E-state index in [1.54, 1.807) is 21.9 Å². The van der Waals surface area contributed by atoms with Gasteiger partial charge in [-0.05, 0) is 55.3 Å². The molecule has 0 unspecified atom stereocenters. The average molecular weight is 757 g/mol. The van der Waals surface area contributed by atoms with Gasteiger partial charge in [-0.2, -0.15) is 4.98 Å². The number of halogens is 2. The van der Waals surface area contributed by atoms with E-state index in [0.717, 1.165) is 10.8 Å². The molecule has 288 valence electrons. The molecule has 0 radical (unpaired) electrons. The average Bonchev–Trinajstić information content (AvgIpc) is 3.12. The van der Waals surface area contributed by atoms with E-state index in [2.05, 4.69) is 0 Å². The minimum Gasteiger partial charge on any atom is -0.508 e. The van der Waals surface area contributed by atoms with Gasteiger partial charge in [0.25, 0.3) is 0 Å². The molecular formula is C38H50ClFN6O7. The van der Waals surface area contributed by atoms with Crippen LogP contribution in [0.15, 0.2) is 42.5 Å². The number of nitrogens with zero attached hydrogens (tertiary/aromatic N) is 5. The van der Waals surface area contributed by atoms with Crippen molar-refractivity contribution in [2.75, 3.05) is 109 Å². The van der Waals surface area contributed by atoms with Gasteiger partial charge in [-0.3, -0.25) is 0 Å². The van der Waals surface area contributed by atoms with E-state index in [9.17, 15) is 9.90 Å². The number of hydrogen-bond donors (Lipinski definition) is 2. The summed E-state index contributed by atoms with van der Waals surface area (Å²) in [6.45, 7) is 11.6. The standard InChI is InChI=1S/C38H50ClFN6O7/c1-38(2,3)53-37(48)46-12-10-45(11-13-46)35-30-25-31(39)32(29-24-27(47)23-26-7-5-6-8-28(26)29)33(40)34(30)42-36(43-35)44(4)14-16-50-18-20-52-22-21-51-19-17-49-15-9-41/h5-8,23-25,47H,9-22,41H2,1-4H3. The minimum absolute atomic E-state index is 0.0104. The van der Waals surface area contributed by atoms with Crippen molar-refractivity contribution < 1.29 is 38.0 Å². The fraction of sp³-hybridized carbons (Fsp3) is 0.500. The van der Waals surface area contributed by atoms with E-state index in [0.29, 0.717) is 115 Å². The lowest BCUT2D eigenvalue weighted by molar-refractivity contribution is -0.000217. The van der Waals surface area contributed by atoms with Crippen LogP contribution in [-0.2, 0) is 23.7 Å². The Morgan fingerprint density at radius 3 is 2.17 bits per heavy atom. The van der Waals surface area contributed by atoms with E-state index >= 15 is 4.39 Å². The van der Waals surface area contributed by atoms with Crippen molar-refractivity contribution in [3.63, 3.8) is 0 Å². The summed E-state index contributed by atoms with van der Waals surface area (Å²) in [4.78, 5) is 27.9. The first-order valence-corrected chi connectivity index (χ1v) is 18.2. The predicted molar refractivity (Wildman–Crippen MR) is 205 cm³/mol. The van der Waals surface area contributed by atoms with Gasteiger partial charge in [0.05, 0.1) is 57.9 Å². The number of benzene rings is 3. The van der Waals surface area contributed by atoms with Gasteiger partial charge >= 0.3 is 6.09 Å². The Kier molecular flexibility index (Phi) is 14.3. The molecule has 0 spiro atoms. The van der Waals surface area contributed by atoms with Gasteiger partial charge in [0.15, 0.2) is 5.82 Å². The number of hydrogen-bond acceptors (Lipinski definition) is 12. The SMILES string of the molecule is CN(CCOCCOCCOCCOCCN)c1nc(N2CCN(C(=O)OC(C)(C)C)CC2)c2cc(Cl)c(-c3cc(O)cc4ccccc34)c(F)c2n1. The number of ether oxygens (including phenoxy) is 5. The molecule has 3 aromatic carbocycles. The van der Waals surface area contributed by atoms with Crippen molar-refractivity contribution in [3.8, 4) is 16.9 Å². The highest BCUT2D eigenvalue weighted by Gasteiger charge is 2.29. The number of rotatable bonds is 17. The van der Waals surface area contributed by atoms with Crippen molar-refractivity contribution in [1.82, 2.24) is 14.9 Å². The summed E-state index contributed by atoms with van der Waals surface area (Å²) >= 11 is 6.89. The van der Waals surface area contributed by atoms with Crippen LogP contribution in [0.2, 0.25) is 5.02 Å². The number of phenols is 1. The summed E-state index contributed by atoms with van der Waals surface area (Å²) in [6, 6.07) is 12.2. The quantitative estimate of drug-likeness (QED) is 0.132. The molecule has 0 aliphatic carbocycles. The van der Waals surface area contributed by atoms with E-state index in [4.69, 9.17) is 51.0 Å². The van der Waals surface area contributed by atoms with Crippen molar-refractivity contribution in [3.05, 3.63) is 53.3 Å². The van der Waals surface area contributed by atoms with E-state index < -0.39 is 11.4 Å². The number of aromatic nitrogens is 2. The molecule has 0 saturated carbocycles. The van der Waals surface area contributed by atoms with E-state index in [-0.39, 0.29) is 27.9 Å². The predicted octanol–water partition coefficient (Wildman–Crippen LogP) is 5.47. The lowest BCUT2D eigenvalue weighted by Gasteiger charge is -2.36. The third-order valence-electron chi connectivity index (χ3n) is 8.49. The van der Waals surface area contributed by atoms with Gasteiger partial charge in [-0.1, -0.05) is 35.9 Å². The number of likely N-dealkylation sites (N-methyl/N-ethyl adjacent to an activating group) is 1. The second-order valence-corrected chi connectivity index (χ2v) is 14.0. The molecule has 53 heavy (non-hydrogen) atoms. The third kappa shape index (κ3) is 10.8. The molecule has 1 fully saturated rings. The fourth-order valence-electron chi connectivity index (χ4n) is 5.90. The fourth-order valence-corrected chi connectivity index (χ4v) is 6.20. The zero-order valence-corrected chi connectivity index (χ0v) is 31.7. The van der Waals surface area contributed by atoms with Crippen molar-refractivity contribution in [2.24, 2.45) is 5.73 Å². The summed E-state index contributed by atoms with van der Waals surface area (Å²) in [5, 5.41) is 12.6. The maximum absolute atomic E-state index is 16.9. The Labute approximate surface area is 314 Å². The molecular weight excluding hydrogens is 707 g/mol. The van der Waals surface area contributed by atoms with Crippen LogP contribution >= 0.6 is 11.6 Å². The lowest BCUT2D eigenvalue weighted by Crippen LogP contribution is -2.50. The van der Waals surface area contributed by atoms with Crippen molar-refractivity contribution >= 4 is 51.1 Å². The first kappa shape index (κ1) is 40.1. The summed E-state index contributed by atoms with van der Waals surface area (Å²) in [5.41, 5.74) is 5.44. The minimum atomic E-state index is -0.630. The zero-order chi connectivity index (χ0) is 38.0. The summed E-state index contributed by atoms with van der Waals surface area (Å²) in [6.07, 6.45) is -0.384. The highest BCUT2D eigenvalue weighted by Crippen LogP contribution is 2.42. The highest BCUT2D eigenvalue weighted by atomic mass is 35.5. The van der Waals surface area contributed by atoms with Crippen molar-refractivity contribution in [2.45, 2.75) is 26.4 Å². The van der Waals surface area contributed by atoms with Crippen LogP contribution in [0.4, 0.5) is 21.0 Å². The Hall–Kier alpha value is -4.05. The molecule has 4 aromatic rings. The first-order chi connectivity index (χ1) is 25.5. The number of aromatic hydroxyl groups is 1. The van der Waals surface area contributed by atoms with Gasteiger partial charge in [-0.15, -0.1) is 0 Å². The maximum atomic E-state index is 16.9. The normalized spacial score (nSPS) is 13.6. The molecule has 13 nitrogen and oxygen atoms in total. The number of anilines is 2. The number of carbonyl (C=O) groups excluding carboxylic acids is 1. The second-order valence-electron chi connectivity index (χ2n) is 13.6. The topological polar surface area (TPSA) is 145 Å². The van der Waals surface area contributed by atoms with Crippen molar-refractivity contribution in [1.29, 1.82) is 0 Å². The number of fused-ring (bicyclic) bond motifs is 2. The number of amides is 1. The van der Waals surface area contributed by atoms with E-state index in [1.165, 1.54) is 6.07 Å². The molecule has 1 aliphatic rings. The van der Waals surface area contributed by atoms with E-state index in [1.807, 2.05) is 57.0 Å². The summed E-state index contributed by atoms with van der Waals surface area (Å²) < 4.78 is 44.6. The van der Waals surface area contributed by atoms with Crippen LogP contribution in [0.1, 0.15) is 20.8 Å². The molecule has 3 N–H and O–H groups in total. The molecule has 1 saturated heterocycles. The third-order valence-corrected chi connectivity index (χ3v) is 8.79. The second kappa shape index (κ2) is 18.8. The van der Waals surface area contributed by atoms with Gasteiger partial charge in [-0.25, -0.2) is 14.2 Å². The number of piperazine rings is 1. The Morgan fingerprint density at radius 2 is 1.53 bits per heavy atom. The zero-order valence-electron chi connectivity index (χ0n) is 30.9. The summed E-state index contributed by atoms with van der Waals surface area (Å²) in [5.74, 6) is 0.150. The van der Waals surface area contributed by atoms with Crippen LogP contribution in [0, 0.1) is 5.82 Å². The molecule has 15 heteroatoms. The molecule has 0 atom stereocenters. The molecule has 1 amide bonds. The Bertz CT molecular complexity index is 1840. The molecule has 1 aliphatic heterocycles. The Balaban J connectivity index is 1.34. The number of nitrogens with two attached hydrogens (primary N) is 1. The van der Waals surface area contributed by atoms with Crippen LogP contribution < -0.4 is 15.5 Å². The van der Waals surface area contributed by atoms with Crippen LogP contribution in [0.5, 0.6) is 5.75 Å². The largest absolute Gasteiger partial charge is 0.508 e. The molecule has 0 bridgehead atoms. The first-order valence-electron chi connectivity index (χ1n) is 17.8. The lowest BCUT2D eigenvalue weighted by atomic mass is 9.96. The highest BCUT2D eigenvalue weighted by molar-refractivity contribution is 6.35. The van der Waals surface area contributed by atoms with Crippen LogP contribution in [-0.4, -0.2) is 131 Å². The monoisotopic (exact) mass is 756 g/mol. The Morgan fingerprint density at radius 1 is 0.906 bits per heavy atom. The molecule has 2 heterocycles. The number of carbonyl (C=O) groups is 1. The van der Waals surface area contributed by atoms with Gasteiger partial charge < -0.3 is 49.2 Å².